The molecule has 2 amide bonds. The lowest BCUT2D eigenvalue weighted by Gasteiger charge is -2.25. The number of anilines is 1. The average molecular weight is 275 g/mol. The second-order valence-electron chi connectivity index (χ2n) is 4.72. The van der Waals surface area contributed by atoms with E-state index in [0.717, 1.165) is 11.8 Å². The van der Waals surface area contributed by atoms with Gasteiger partial charge in [-0.1, -0.05) is 0 Å². The standard InChI is InChI=1S/C14H17N3O3/c1-16-13(19)12(3-2-6-18)17-8-9-7-10(15)4-5-11(9)14(17)20/h4-7,12H,2-3,8,15H2,1H3,(H,16,19). The van der Waals surface area contributed by atoms with Crippen molar-refractivity contribution in [2.45, 2.75) is 25.4 Å². The third-order valence-electron chi connectivity index (χ3n) is 3.44. The Morgan fingerprint density at radius 1 is 1.55 bits per heavy atom. The van der Waals surface area contributed by atoms with Crippen LogP contribution in [0.2, 0.25) is 0 Å². The van der Waals surface area contributed by atoms with E-state index in [-0.39, 0.29) is 18.2 Å². The topological polar surface area (TPSA) is 92.5 Å². The van der Waals surface area contributed by atoms with Crippen LogP contribution in [0.25, 0.3) is 0 Å². The van der Waals surface area contributed by atoms with Gasteiger partial charge in [0.25, 0.3) is 5.91 Å². The monoisotopic (exact) mass is 275 g/mol. The lowest BCUT2D eigenvalue weighted by atomic mass is 10.1. The molecule has 20 heavy (non-hydrogen) atoms. The van der Waals surface area contributed by atoms with Crippen molar-refractivity contribution in [1.82, 2.24) is 10.2 Å². The van der Waals surface area contributed by atoms with Crippen LogP contribution < -0.4 is 11.1 Å². The second-order valence-corrected chi connectivity index (χ2v) is 4.72. The highest BCUT2D eigenvalue weighted by molar-refractivity contribution is 6.01. The van der Waals surface area contributed by atoms with Gasteiger partial charge in [0, 0.05) is 31.3 Å². The van der Waals surface area contributed by atoms with E-state index in [1.807, 2.05) is 0 Å². The third kappa shape index (κ3) is 2.49. The molecule has 2 rings (SSSR count). The first-order valence-electron chi connectivity index (χ1n) is 6.43. The Morgan fingerprint density at radius 2 is 2.30 bits per heavy atom. The van der Waals surface area contributed by atoms with Gasteiger partial charge < -0.3 is 20.7 Å². The molecule has 0 aromatic heterocycles. The number of rotatable bonds is 5. The molecule has 1 unspecified atom stereocenters. The second kappa shape index (κ2) is 5.73. The van der Waals surface area contributed by atoms with Crippen molar-refractivity contribution >= 4 is 23.8 Å². The number of benzene rings is 1. The normalized spacial score (nSPS) is 14.8. The van der Waals surface area contributed by atoms with E-state index < -0.39 is 6.04 Å². The van der Waals surface area contributed by atoms with Crippen molar-refractivity contribution in [3.8, 4) is 0 Å². The van der Waals surface area contributed by atoms with Crippen LogP contribution in [0.4, 0.5) is 5.69 Å². The fourth-order valence-electron chi connectivity index (χ4n) is 2.44. The maximum absolute atomic E-state index is 12.3. The lowest BCUT2D eigenvalue weighted by Crippen LogP contribution is -2.46. The van der Waals surface area contributed by atoms with E-state index in [4.69, 9.17) is 5.73 Å². The van der Waals surface area contributed by atoms with Crippen LogP contribution in [-0.2, 0) is 16.1 Å². The molecule has 0 saturated carbocycles. The minimum atomic E-state index is -0.633. The van der Waals surface area contributed by atoms with Gasteiger partial charge in [-0.2, -0.15) is 0 Å². The predicted molar refractivity (Wildman–Crippen MR) is 73.9 cm³/mol. The van der Waals surface area contributed by atoms with Gasteiger partial charge >= 0.3 is 0 Å². The van der Waals surface area contributed by atoms with Gasteiger partial charge in [0.05, 0.1) is 0 Å². The molecule has 3 N–H and O–H groups in total. The molecule has 0 spiro atoms. The molecule has 1 heterocycles. The summed E-state index contributed by atoms with van der Waals surface area (Å²) in [6.45, 7) is 0.343. The zero-order chi connectivity index (χ0) is 14.7. The molecule has 0 bridgehead atoms. The zero-order valence-corrected chi connectivity index (χ0v) is 11.3. The number of nitrogen functional groups attached to an aromatic ring is 1. The first kappa shape index (κ1) is 14.0. The molecule has 1 aromatic carbocycles. The maximum atomic E-state index is 12.3. The Hall–Kier alpha value is -2.37. The first-order valence-corrected chi connectivity index (χ1v) is 6.43. The van der Waals surface area contributed by atoms with Gasteiger partial charge in [-0.15, -0.1) is 0 Å². The van der Waals surface area contributed by atoms with Gasteiger partial charge in [-0.3, -0.25) is 9.59 Å². The number of hydrogen-bond acceptors (Lipinski definition) is 4. The Labute approximate surface area is 116 Å². The van der Waals surface area contributed by atoms with Gasteiger partial charge in [0.2, 0.25) is 5.91 Å². The molecule has 0 fully saturated rings. The Balaban J connectivity index is 2.26. The van der Waals surface area contributed by atoms with Crippen molar-refractivity contribution in [2.24, 2.45) is 0 Å². The van der Waals surface area contributed by atoms with E-state index in [2.05, 4.69) is 5.32 Å². The highest BCUT2D eigenvalue weighted by Crippen LogP contribution is 2.27. The highest BCUT2D eigenvalue weighted by atomic mass is 16.2. The molecule has 1 aromatic rings. The summed E-state index contributed by atoms with van der Waals surface area (Å²) < 4.78 is 0. The van der Waals surface area contributed by atoms with E-state index in [9.17, 15) is 14.4 Å². The van der Waals surface area contributed by atoms with Crippen LogP contribution >= 0.6 is 0 Å². The van der Waals surface area contributed by atoms with Crippen molar-refractivity contribution in [1.29, 1.82) is 0 Å². The van der Waals surface area contributed by atoms with Gasteiger partial charge in [-0.05, 0) is 30.2 Å². The van der Waals surface area contributed by atoms with E-state index in [0.29, 0.717) is 24.2 Å². The number of carbonyl (C=O) groups is 3. The molecule has 6 heteroatoms. The molecule has 6 nitrogen and oxygen atoms in total. The average Bonchev–Trinajstić information content (AvgIpc) is 2.75. The first-order chi connectivity index (χ1) is 9.58. The Kier molecular flexibility index (Phi) is 4.02. The molecule has 0 saturated heterocycles. The van der Waals surface area contributed by atoms with E-state index in [1.165, 1.54) is 11.9 Å². The summed E-state index contributed by atoms with van der Waals surface area (Å²) in [4.78, 5) is 36.3. The smallest absolute Gasteiger partial charge is 0.255 e. The number of nitrogens with zero attached hydrogens (tertiary/aromatic N) is 1. The van der Waals surface area contributed by atoms with E-state index >= 15 is 0 Å². The van der Waals surface area contributed by atoms with Gasteiger partial charge in [-0.25, -0.2) is 0 Å². The summed E-state index contributed by atoms with van der Waals surface area (Å²) in [6, 6.07) is 4.45. The van der Waals surface area contributed by atoms with Crippen LogP contribution in [0.5, 0.6) is 0 Å². The largest absolute Gasteiger partial charge is 0.399 e. The van der Waals surface area contributed by atoms with Crippen molar-refractivity contribution in [3.05, 3.63) is 29.3 Å². The van der Waals surface area contributed by atoms with Crippen LogP contribution in [0.3, 0.4) is 0 Å². The zero-order valence-electron chi connectivity index (χ0n) is 11.3. The summed E-state index contributed by atoms with van der Waals surface area (Å²) in [5.41, 5.74) is 7.68. The number of amides is 2. The fourth-order valence-corrected chi connectivity index (χ4v) is 2.44. The molecular formula is C14H17N3O3. The number of nitrogens with one attached hydrogen (secondary N) is 1. The number of fused-ring (bicyclic) bond motifs is 1. The molecular weight excluding hydrogens is 258 g/mol. The summed E-state index contributed by atoms with van der Waals surface area (Å²) in [6.07, 6.45) is 1.31. The number of hydrogen-bond donors (Lipinski definition) is 2. The summed E-state index contributed by atoms with van der Waals surface area (Å²) in [5, 5.41) is 2.54. The molecule has 0 aliphatic carbocycles. The Morgan fingerprint density at radius 3 is 2.95 bits per heavy atom. The van der Waals surface area contributed by atoms with Crippen molar-refractivity contribution < 1.29 is 14.4 Å². The lowest BCUT2D eigenvalue weighted by molar-refractivity contribution is -0.125. The number of carbonyl (C=O) groups excluding carboxylic acids is 3. The number of nitrogens with two attached hydrogens (primary N) is 1. The minimum absolute atomic E-state index is 0.195. The molecule has 1 aliphatic rings. The number of aldehydes is 1. The molecule has 106 valence electrons. The number of likely N-dealkylation sites (N-methyl/N-ethyl adjacent to an activating group) is 1. The molecule has 0 radical (unpaired) electrons. The van der Waals surface area contributed by atoms with Crippen LogP contribution in [-0.4, -0.2) is 36.1 Å². The molecule has 1 aliphatic heterocycles. The SMILES string of the molecule is CNC(=O)C(CCC=O)N1Cc2cc(N)ccc2C1=O. The summed E-state index contributed by atoms with van der Waals surface area (Å²) in [7, 11) is 1.52. The fraction of sp³-hybridized carbons (Fsp3) is 0.357. The van der Waals surface area contributed by atoms with Gasteiger partial charge in [0.1, 0.15) is 12.3 Å². The molecule has 1 atom stereocenters. The van der Waals surface area contributed by atoms with Crippen LogP contribution in [0.1, 0.15) is 28.8 Å². The van der Waals surface area contributed by atoms with Crippen LogP contribution in [0.15, 0.2) is 18.2 Å². The maximum Gasteiger partial charge on any atom is 0.255 e. The van der Waals surface area contributed by atoms with Gasteiger partial charge in [0.15, 0.2) is 0 Å². The predicted octanol–water partition coefficient (Wildman–Crippen LogP) is 0.318. The quantitative estimate of drug-likeness (QED) is 0.598. The third-order valence-corrected chi connectivity index (χ3v) is 3.44. The van der Waals surface area contributed by atoms with Crippen LogP contribution in [0, 0.1) is 0 Å². The Bertz CT molecular complexity index is 557. The van der Waals surface area contributed by atoms with Crippen molar-refractivity contribution in [2.75, 3.05) is 12.8 Å². The van der Waals surface area contributed by atoms with Crippen molar-refractivity contribution in [3.63, 3.8) is 0 Å². The summed E-state index contributed by atoms with van der Waals surface area (Å²) >= 11 is 0. The highest BCUT2D eigenvalue weighted by Gasteiger charge is 2.35. The van der Waals surface area contributed by atoms with E-state index in [1.54, 1.807) is 18.2 Å². The minimum Gasteiger partial charge on any atom is -0.399 e. The summed E-state index contributed by atoms with van der Waals surface area (Å²) in [5.74, 6) is -0.458.